The van der Waals surface area contributed by atoms with Crippen LogP contribution in [-0.4, -0.2) is 26.9 Å². The molecule has 0 aliphatic heterocycles. The van der Waals surface area contributed by atoms with Gasteiger partial charge in [-0.05, 0) is 19.4 Å². The number of aromatic nitrogens is 4. The summed E-state index contributed by atoms with van der Waals surface area (Å²) < 4.78 is 5.02. The molecule has 0 fully saturated rings. The molecule has 2 aromatic heterocycles. The molecule has 1 aromatic carbocycles. The van der Waals surface area contributed by atoms with E-state index in [4.69, 9.17) is 4.52 Å². The molecular formula is C16H18N6O. The number of nitrogens with one attached hydrogen (secondary N) is 1. The molecule has 0 aliphatic rings. The van der Waals surface area contributed by atoms with Crippen LogP contribution in [0.1, 0.15) is 18.2 Å². The van der Waals surface area contributed by atoms with E-state index in [1.165, 1.54) is 5.56 Å². The summed E-state index contributed by atoms with van der Waals surface area (Å²) >= 11 is 0. The van der Waals surface area contributed by atoms with Crippen LogP contribution in [0.25, 0.3) is 0 Å². The summed E-state index contributed by atoms with van der Waals surface area (Å²) in [5.74, 6) is 2.43. The van der Waals surface area contributed by atoms with Crippen LogP contribution >= 0.6 is 0 Å². The molecule has 7 heteroatoms. The van der Waals surface area contributed by atoms with Crippen LogP contribution in [0, 0.1) is 6.92 Å². The molecule has 0 unspecified atom stereocenters. The van der Waals surface area contributed by atoms with Crippen molar-refractivity contribution >= 4 is 17.6 Å². The van der Waals surface area contributed by atoms with Crippen molar-refractivity contribution in [1.29, 1.82) is 0 Å². The lowest BCUT2D eigenvalue weighted by molar-refractivity contribution is 0.400. The Kier molecular flexibility index (Phi) is 4.46. The lowest BCUT2D eigenvalue weighted by Crippen LogP contribution is -2.23. The van der Waals surface area contributed by atoms with Gasteiger partial charge in [0, 0.05) is 19.2 Å². The van der Waals surface area contributed by atoms with Crippen molar-refractivity contribution in [2.75, 3.05) is 16.8 Å². The van der Waals surface area contributed by atoms with Gasteiger partial charge in [0.1, 0.15) is 5.76 Å². The summed E-state index contributed by atoms with van der Waals surface area (Å²) in [6.07, 6.45) is 1.66. The Labute approximate surface area is 134 Å². The third-order valence-corrected chi connectivity index (χ3v) is 3.34. The van der Waals surface area contributed by atoms with Crippen LogP contribution in [0.2, 0.25) is 0 Å². The first-order valence-corrected chi connectivity index (χ1v) is 7.43. The van der Waals surface area contributed by atoms with Gasteiger partial charge in [0.2, 0.25) is 5.95 Å². The third-order valence-electron chi connectivity index (χ3n) is 3.34. The molecule has 3 rings (SSSR count). The van der Waals surface area contributed by atoms with Gasteiger partial charge in [-0.3, -0.25) is 0 Å². The van der Waals surface area contributed by atoms with E-state index in [0.29, 0.717) is 11.8 Å². The van der Waals surface area contributed by atoms with Gasteiger partial charge in [-0.25, -0.2) is 0 Å². The van der Waals surface area contributed by atoms with Gasteiger partial charge in [-0.2, -0.15) is 10.1 Å². The lowest BCUT2D eigenvalue weighted by atomic mass is 10.2. The van der Waals surface area contributed by atoms with Crippen LogP contribution in [0.15, 0.2) is 47.1 Å². The van der Waals surface area contributed by atoms with Crippen LogP contribution in [-0.2, 0) is 6.54 Å². The maximum absolute atomic E-state index is 5.02. The zero-order chi connectivity index (χ0) is 16.1. The van der Waals surface area contributed by atoms with E-state index in [0.717, 1.165) is 24.7 Å². The number of benzene rings is 1. The second kappa shape index (κ2) is 6.87. The molecule has 3 aromatic rings. The molecule has 23 heavy (non-hydrogen) atoms. The normalized spacial score (nSPS) is 10.5. The van der Waals surface area contributed by atoms with Crippen molar-refractivity contribution in [2.45, 2.75) is 20.4 Å². The van der Waals surface area contributed by atoms with E-state index in [-0.39, 0.29) is 0 Å². The van der Waals surface area contributed by atoms with E-state index in [2.05, 4.69) is 49.6 Å². The molecule has 0 aliphatic carbocycles. The highest BCUT2D eigenvalue weighted by atomic mass is 16.5. The first kappa shape index (κ1) is 15.0. The number of hydrogen-bond donors (Lipinski definition) is 1. The van der Waals surface area contributed by atoms with Crippen LogP contribution in [0.4, 0.5) is 17.6 Å². The quantitative estimate of drug-likeness (QED) is 0.749. The van der Waals surface area contributed by atoms with Crippen LogP contribution in [0.3, 0.4) is 0 Å². The average Bonchev–Trinajstić information content (AvgIpc) is 2.99. The Hall–Kier alpha value is -2.96. The summed E-state index contributed by atoms with van der Waals surface area (Å²) in [6, 6.07) is 12.0. The fourth-order valence-corrected chi connectivity index (χ4v) is 2.20. The van der Waals surface area contributed by atoms with Gasteiger partial charge in [0.05, 0.1) is 6.20 Å². The lowest BCUT2D eigenvalue weighted by Gasteiger charge is -2.21. The first-order valence-electron chi connectivity index (χ1n) is 7.43. The van der Waals surface area contributed by atoms with Gasteiger partial charge >= 0.3 is 0 Å². The largest absolute Gasteiger partial charge is 0.360 e. The summed E-state index contributed by atoms with van der Waals surface area (Å²) in [7, 11) is 0. The molecule has 0 amide bonds. The first-order chi connectivity index (χ1) is 11.2. The maximum atomic E-state index is 5.02. The predicted octanol–water partition coefficient (Wildman–Crippen LogP) is 2.94. The molecule has 1 N–H and O–H groups in total. The van der Waals surface area contributed by atoms with Gasteiger partial charge in [-0.1, -0.05) is 35.5 Å². The van der Waals surface area contributed by atoms with E-state index >= 15 is 0 Å². The number of hydrogen-bond acceptors (Lipinski definition) is 7. The standard InChI is InChI=1S/C16H18N6O/c1-3-22(11-13-7-5-4-6-8-13)15-10-17-20-16(19-15)18-14-9-12(2)23-21-14/h4-10H,3,11H2,1-2H3,(H,18,19,20,21). The highest BCUT2D eigenvalue weighted by molar-refractivity contribution is 5.49. The highest BCUT2D eigenvalue weighted by Crippen LogP contribution is 2.17. The topological polar surface area (TPSA) is 80.0 Å². The van der Waals surface area contributed by atoms with Crippen LogP contribution in [0.5, 0.6) is 0 Å². The van der Waals surface area contributed by atoms with Crippen molar-refractivity contribution in [3.8, 4) is 0 Å². The summed E-state index contributed by atoms with van der Waals surface area (Å²) in [5.41, 5.74) is 1.22. The van der Waals surface area contributed by atoms with Gasteiger partial charge in [0.25, 0.3) is 0 Å². The molecule has 7 nitrogen and oxygen atoms in total. The number of anilines is 3. The minimum Gasteiger partial charge on any atom is -0.360 e. The number of nitrogens with zero attached hydrogens (tertiary/aromatic N) is 5. The molecule has 0 radical (unpaired) electrons. The minimum absolute atomic E-state index is 0.391. The van der Waals surface area contributed by atoms with E-state index in [9.17, 15) is 0 Å². The second-order valence-corrected chi connectivity index (χ2v) is 5.09. The Morgan fingerprint density at radius 2 is 2.04 bits per heavy atom. The van der Waals surface area contributed by atoms with E-state index in [1.807, 2.05) is 25.1 Å². The zero-order valence-corrected chi connectivity index (χ0v) is 13.1. The molecule has 0 saturated heterocycles. The van der Waals surface area contributed by atoms with Crippen molar-refractivity contribution in [3.63, 3.8) is 0 Å². The monoisotopic (exact) mass is 310 g/mol. The molecule has 118 valence electrons. The van der Waals surface area contributed by atoms with Gasteiger partial charge < -0.3 is 14.7 Å². The smallest absolute Gasteiger partial charge is 0.250 e. The SMILES string of the molecule is CCN(Cc1ccccc1)c1cnnc(Nc2cc(C)on2)n1. The summed E-state index contributed by atoms with van der Waals surface area (Å²) in [4.78, 5) is 6.63. The Bertz CT molecular complexity index is 758. The Balaban J connectivity index is 1.77. The second-order valence-electron chi connectivity index (χ2n) is 5.09. The highest BCUT2D eigenvalue weighted by Gasteiger charge is 2.10. The summed E-state index contributed by atoms with van der Waals surface area (Å²) in [5, 5.41) is 14.9. The Morgan fingerprint density at radius 3 is 2.74 bits per heavy atom. The third kappa shape index (κ3) is 3.82. The Morgan fingerprint density at radius 1 is 1.22 bits per heavy atom. The fourth-order valence-electron chi connectivity index (χ4n) is 2.20. The van der Waals surface area contributed by atoms with Gasteiger partial charge in [-0.15, -0.1) is 5.10 Å². The molecular weight excluding hydrogens is 292 g/mol. The predicted molar refractivity (Wildman–Crippen MR) is 87.5 cm³/mol. The molecule has 0 spiro atoms. The van der Waals surface area contributed by atoms with Crippen molar-refractivity contribution < 1.29 is 4.52 Å². The summed E-state index contributed by atoms with van der Waals surface area (Å²) in [6.45, 7) is 5.49. The molecule has 0 saturated carbocycles. The number of rotatable bonds is 6. The number of aryl methyl sites for hydroxylation is 1. The molecule has 0 atom stereocenters. The van der Waals surface area contributed by atoms with Crippen LogP contribution < -0.4 is 10.2 Å². The van der Waals surface area contributed by atoms with Gasteiger partial charge in [0.15, 0.2) is 11.6 Å². The van der Waals surface area contributed by atoms with Crippen molar-refractivity contribution in [2.24, 2.45) is 0 Å². The van der Waals surface area contributed by atoms with E-state index in [1.54, 1.807) is 12.3 Å². The average molecular weight is 310 g/mol. The fraction of sp³-hybridized carbons (Fsp3) is 0.250. The van der Waals surface area contributed by atoms with Crippen molar-refractivity contribution in [1.82, 2.24) is 20.3 Å². The van der Waals surface area contributed by atoms with E-state index < -0.39 is 0 Å². The molecule has 2 heterocycles. The zero-order valence-electron chi connectivity index (χ0n) is 13.1. The molecule has 0 bridgehead atoms. The van der Waals surface area contributed by atoms with Crippen molar-refractivity contribution in [3.05, 3.63) is 53.9 Å². The minimum atomic E-state index is 0.391. The maximum Gasteiger partial charge on any atom is 0.250 e.